The van der Waals surface area contributed by atoms with E-state index in [-0.39, 0.29) is 17.8 Å². The standard InChI is InChI=1S/C20H27N3O3/c1-2-26-20(25)16-6-5-11-23(13-16)14-19(24)21-10-9-15-12-22-18-8-4-3-7-17(15)18/h3-4,7-8,12,16,22H,2,5-6,9-11,13-14H2,1H3,(H,21,24)/t16-/m1/s1. The molecule has 3 rings (SSSR count). The van der Waals surface area contributed by atoms with E-state index in [1.807, 2.05) is 36.2 Å². The van der Waals surface area contributed by atoms with Crippen molar-refractivity contribution in [3.05, 3.63) is 36.0 Å². The van der Waals surface area contributed by atoms with Gasteiger partial charge in [0.2, 0.25) is 5.91 Å². The van der Waals surface area contributed by atoms with Crippen molar-refractivity contribution in [2.75, 3.05) is 32.8 Å². The molecule has 0 unspecified atom stereocenters. The van der Waals surface area contributed by atoms with Crippen LogP contribution in [0, 0.1) is 5.92 Å². The van der Waals surface area contributed by atoms with Gasteiger partial charge in [0.15, 0.2) is 0 Å². The maximum absolute atomic E-state index is 12.2. The lowest BCUT2D eigenvalue weighted by Crippen LogP contribution is -2.44. The fourth-order valence-corrected chi connectivity index (χ4v) is 3.59. The normalized spacial score (nSPS) is 18.0. The third kappa shape index (κ3) is 4.64. The van der Waals surface area contributed by atoms with Gasteiger partial charge in [-0.15, -0.1) is 0 Å². The van der Waals surface area contributed by atoms with Gasteiger partial charge in [0.1, 0.15) is 0 Å². The molecule has 0 bridgehead atoms. The second-order valence-corrected chi connectivity index (χ2v) is 6.79. The molecule has 1 aromatic carbocycles. The number of piperidine rings is 1. The van der Waals surface area contributed by atoms with E-state index in [1.165, 1.54) is 10.9 Å². The fraction of sp³-hybridized carbons (Fsp3) is 0.500. The van der Waals surface area contributed by atoms with Crippen LogP contribution in [0.1, 0.15) is 25.3 Å². The smallest absolute Gasteiger partial charge is 0.310 e. The van der Waals surface area contributed by atoms with Crippen LogP contribution in [-0.2, 0) is 20.7 Å². The number of H-pyrrole nitrogens is 1. The van der Waals surface area contributed by atoms with Crippen molar-refractivity contribution in [1.29, 1.82) is 0 Å². The predicted octanol–water partition coefficient (Wildman–Crippen LogP) is 2.10. The van der Waals surface area contributed by atoms with Crippen LogP contribution in [0.2, 0.25) is 0 Å². The number of benzene rings is 1. The van der Waals surface area contributed by atoms with Crippen LogP contribution in [-0.4, -0.2) is 54.5 Å². The number of nitrogens with zero attached hydrogens (tertiary/aromatic N) is 1. The van der Waals surface area contributed by atoms with Crippen molar-refractivity contribution in [3.8, 4) is 0 Å². The van der Waals surface area contributed by atoms with Crippen LogP contribution < -0.4 is 5.32 Å². The highest BCUT2D eigenvalue weighted by atomic mass is 16.5. The zero-order valence-corrected chi connectivity index (χ0v) is 15.3. The number of fused-ring (bicyclic) bond motifs is 1. The minimum atomic E-state index is -0.142. The lowest BCUT2D eigenvalue weighted by molar-refractivity contribution is -0.150. The van der Waals surface area contributed by atoms with Gasteiger partial charge in [-0.2, -0.15) is 0 Å². The number of carbonyl (C=O) groups is 2. The summed E-state index contributed by atoms with van der Waals surface area (Å²) in [6.07, 6.45) is 4.57. The second-order valence-electron chi connectivity index (χ2n) is 6.79. The van der Waals surface area contributed by atoms with Crippen molar-refractivity contribution < 1.29 is 14.3 Å². The van der Waals surface area contributed by atoms with Crippen molar-refractivity contribution in [2.24, 2.45) is 5.92 Å². The third-order valence-electron chi connectivity index (χ3n) is 4.88. The summed E-state index contributed by atoms with van der Waals surface area (Å²) in [4.78, 5) is 29.4. The Bertz CT molecular complexity index is 756. The Balaban J connectivity index is 1.43. The van der Waals surface area contributed by atoms with Gasteiger partial charge in [-0.1, -0.05) is 18.2 Å². The van der Waals surface area contributed by atoms with Gasteiger partial charge >= 0.3 is 5.97 Å². The van der Waals surface area contributed by atoms with Crippen molar-refractivity contribution >= 4 is 22.8 Å². The molecule has 1 amide bonds. The monoisotopic (exact) mass is 357 g/mol. The molecule has 140 valence electrons. The Hall–Kier alpha value is -2.34. The maximum atomic E-state index is 12.2. The zero-order valence-electron chi connectivity index (χ0n) is 15.3. The van der Waals surface area contributed by atoms with Gasteiger partial charge in [-0.05, 0) is 44.4 Å². The van der Waals surface area contributed by atoms with Gasteiger partial charge in [0, 0.05) is 30.2 Å². The zero-order chi connectivity index (χ0) is 18.4. The van der Waals surface area contributed by atoms with Gasteiger partial charge in [-0.25, -0.2) is 0 Å². The number of aromatic amines is 1. The first-order valence-electron chi connectivity index (χ1n) is 9.38. The number of hydrogen-bond donors (Lipinski definition) is 2. The van der Waals surface area contributed by atoms with Crippen LogP contribution in [0.4, 0.5) is 0 Å². The summed E-state index contributed by atoms with van der Waals surface area (Å²) in [5.74, 6) is -0.242. The highest BCUT2D eigenvalue weighted by Gasteiger charge is 2.27. The SMILES string of the molecule is CCOC(=O)[C@@H]1CCCN(CC(=O)NCCc2c[nH]c3ccccc23)C1. The molecule has 1 aliphatic rings. The van der Waals surface area contributed by atoms with Crippen molar-refractivity contribution in [3.63, 3.8) is 0 Å². The topological polar surface area (TPSA) is 74.4 Å². The highest BCUT2D eigenvalue weighted by molar-refractivity contribution is 5.83. The summed E-state index contributed by atoms with van der Waals surface area (Å²) in [6, 6.07) is 8.17. The van der Waals surface area contributed by atoms with Gasteiger partial charge in [0.25, 0.3) is 0 Å². The third-order valence-corrected chi connectivity index (χ3v) is 4.88. The lowest BCUT2D eigenvalue weighted by Gasteiger charge is -2.30. The molecule has 2 N–H and O–H groups in total. The van der Waals surface area contributed by atoms with Gasteiger partial charge in [-0.3, -0.25) is 14.5 Å². The molecule has 6 heteroatoms. The largest absolute Gasteiger partial charge is 0.466 e. The van der Waals surface area contributed by atoms with Crippen LogP contribution in [0.15, 0.2) is 30.5 Å². The van der Waals surface area contributed by atoms with Crippen LogP contribution >= 0.6 is 0 Å². The van der Waals surface area contributed by atoms with Crippen LogP contribution in [0.25, 0.3) is 10.9 Å². The summed E-state index contributed by atoms with van der Waals surface area (Å²) in [5.41, 5.74) is 2.33. The van der Waals surface area contributed by atoms with E-state index in [9.17, 15) is 9.59 Å². The molecule has 1 aliphatic heterocycles. The average Bonchev–Trinajstić information content (AvgIpc) is 3.05. The number of ether oxygens (including phenoxy) is 1. The number of hydrogen-bond acceptors (Lipinski definition) is 4. The Morgan fingerprint density at radius 1 is 1.35 bits per heavy atom. The maximum Gasteiger partial charge on any atom is 0.310 e. The van der Waals surface area contributed by atoms with E-state index in [0.29, 0.717) is 26.2 Å². The van der Waals surface area contributed by atoms with E-state index in [2.05, 4.69) is 16.4 Å². The number of para-hydroxylation sites is 1. The molecule has 0 aliphatic carbocycles. The fourth-order valence-electron chi connectivity index (χ4n) is 3.59. The predicted molar refractivity (Wildman–Crippen MR) is 101 cm³/mol. The molecule has 6 nitrogen and oxygen atoms in total. The highest BCUT2D eigenvalue weighted by Crippen LogP contribution is 2.18. The molecule has 0 spiro atoms. The number of likely N-dealkylation sites (tertiary alicyclic amines) is 1. The lowest BCUT2D eigenvalue weighted by atomic mass is 9.98. The minimum Gasteiger partial charge on any atom is -0.466 e. The Morgan fingerprint density at radius 2 is 2.19 bits per heavy atom. The quantitative estimate of drug-likeness (QED) is 0.744. The van der Waals surface area contributed by atoms with E-state index < -0.39 is 0 Å². The van der Waals surface area contributed by atoms with E-state index >= 15 is 0 Å². The average molecular weight is 357 g/mol. The number of rotatable bonds is 7. The molecular formula is C20H27N3O3. The number of esters is 1. The molecular weight excluding hydrogens is 330 g/mol. The first kappa shape index (κ1) is 18.5. The molecule has 1 atom stereocenters. The van der Waals surface area contributed by atoms with Crippen molar-refractivity contribution in [2.45, 2.75) is 26.2 Å². The summed E-state index contributed by atoms with van der Waals surface area (Å²) in [7, 11) is 0. The molecule has 0 radical (unpaired) electrons. The van der Waals surface area contributed by atoms with Crippen LogP contribution in [0.5, 0.6) is 0 Å². The molecule has 2 heterocycles. The van der Waals surface area contributed by atoms with Crippen LogP contribution in [0.3, 0.4) is 0 Å². The number of nitrogens with one attached hydrogen (secondary N) is 2. The van der Waals surface area contributed by atoms with E-state index in [4.69, 9.17) is 4.74 Å². The van der Waals surface area contributed by atoms with E-state index in [1.54, 1.807) is 0 Å². The molecule has 1 aromatic heterocycles. The summed E-state index contributed by atoms with van der Waals surface area (Å²) >= 11 is 0. The first-order valence-corrected chi connectivity index (χ1v) is 9.38. The summed E-state index contributed by atoms with van der Waals surface area (Å²) in [5, 5.41) is 4.20. The van der Waals surface area contributed by atoms with E-state index in [0.717, 1.165) is 31.3 Å². The first-order chi connectivity index (χ1) is 12.7. The number of aromatic nitrogens is 1. The minimum absolute atomic E-state index is 0.00866. The Kier molecular flexibility index (Phi) is 6.28. The molecule has 0 saturated carbocycles. The number of amides is 1. The second kappa shape index (κ2) is 8.85. The van der Waals surface area contributed by atoms with Gasteiger partial charge in [0.05, 0.1) is 19.1 Å². The summed E-state index contributed by atoms with van der Waals surface area (Å²) < 4.78 is 5.11. The Labute approximate surface area is 153 Å². The van der Waals surface area contributed by atoms with Crippen molar-refractivity contribution in [1.82, 2.24) is 15.2 Å². The van der Waals surface area contributed by atoms with Gasteiger partial charge < -0.3 is 15.0 Å². The molecule has 1 saturated heterocycles. The summed E-state index contributed by atoms with van der Waals surface area (Å²) in [6.45, 7) is 4.63. The molecule has 26 heavy (non-hydrogen) atoms. The molecule has 2 aromatic rings. The molecule has 1 fully saturated rings. The number of carbonyl (C=O) groups excluding carboxylic acids is 2. The Morgan fingerprint density at radius 3 is 3.04 bits per heavy atom.